The first-order valence-electron chi connectivity index (χ1n) is 10.3. The summed E-state index contributed by atoms with van der Waals surface area (Å²) in [6, 6.07) is 3.55. The predicted molar refractivity (Wildman–Crippen MR) is 108 cm³/mol. The van der Waals surface area contributed by atoms with Crippen LogP contribution >= 0.6 is 11.6 Å². The third-order valence-electron chi connectivity index (χ3n) is 7.40. The maximum atomic E-state index is 13.5. The van der Waals surface area contributed by atoms with Gasteiger partial charge < -0.3 is 10.4 Å². The van der Waals surface area contributed by atoms with Crippen LogP contribution in [-0.2, 0) is 11.2 Å². The number of benzene rings is 1. The fraction of sp³-hybridized carbons (Fsp3) is 0.609. The van der Waals surface area contributed by atoms with Gasteiger partial charge in [-0.2, -0.15) is 0 Å². The van der Waals surface area contributed by atoms with Gasteiger partial charge in [-0.1, -0.05) is 11.6 Å². The molecule has 0 unspecified atom stereocenters. The molecule has 0 aromatic heterocycles. The van der Waals surface area contributed by atoms with Crippen LogP contribution in [0.2, 0.25) is 5.02 Å². The van der Waals surface area contributed by atoms with Gasteiger partial charge in [0.2, 0.25) is 0 Å². The van der Waals surface area contributed by atoms with Crippen LogP contribution in [0, 0.1) is 23.2 Å². The van der Waals surface area contributed by atoms with E-state index in [4.69, 9.17) is 11.6 Å². The molecule has 4 bridgehead atoms. The smallest absolute Gasteiger partial charge is 0.163 e. The Morgan fingerprint density at radius 2 is 1.74 bits per heavy atom. The van der Waals surface area contributed by atoms with Crippen LogP contribution in [-0.4, -0.2) is 16.4 Å². The van der Waals surface area contributed by atoms with Gasteiger partial charge in [0.25, 0.3) is 0 Å². The minimum absolute atomic E-state index is 0.0741. The lowest BCUT2D eigenvalue weighted by molar-refractivity contribution is -0.138. The Bertz CT molecular complexity index is 819. The molecule has 1 aromatic rings. The first-order valence-corrected chi connectivity index (χ1v) is 10.7. The number of rotatable bonds is 2. The number of carbonyl (C=O) groups excluding carboxylic acids is 1. The molecule has 1 aliphatic heterocycles. The zero-order valence-electron chi connectivity index (χ0n) is 16.1. The molecule has 4 fully saturated rings. The molecule has 1 heterocycles. The van der Waals surface area contributed by atoms with E-state index in [0.29, 0.717) is 10.8 Å². The number of fused-ring (bicyclic) bond motifs is 1. The Hall–Kier alpha value is -1.48. The normalized spacial score (nSPS) is 37.1. The predicted octanol–water partition coefficient (Wildman–Crippen LogP) is 5.10. The van der Waals surface area contributed by atoms with Crippen molar-refractivity contribution in [1.82, 2.24) is 5.32 Å². The van der Waals surface area contributed by atoms with Crippen LogP contribution in [0.4, 0.5) is 0 Å². The third-order valence-corrected chi connectivity index (χ3v) is 7.71. The molecule has 2 N–H and O–H groups in total. The Kier molecular flexibility index (Phi) is 3.76. The summed E-state index contributed by atoms with van der Waals surface area (Å²) < 4.78 is 0. The molecule has 0 amide bonds. The van der Waals surface area contributed by atoms with E-state index in [2.05, 4.69) is 19.2 Å². The number of hydrogen-bond donors (Lipinski definition) is 2. The molecule has 3 nitrogen and oxygen atoms in total. The summed E-state index contributed by atoms with van der Waals surface area (Å²) in [5.41, 5.74) is 2.55. The van der Waals surface area contributed by atoms with Crippen molar-refractivity contribution in [2.24, 2.45) is 23.2 Å². The zero-order chi connectivity index (χ0) is 19.0. The summed E-state index contributed by atoms with van der Waals surface area (Å²) in [7, 11) is 0. The van der Waals surface area contributed by atoms with Crippen molar-refractivity contribution < 1.29 is 9.90 Å². The van der Waals surface area contributed by atoms with E-state index in [1.54, 1.807) is 6.07 Å². The molecule has 4 saturated carbocycles. The van der Waals surface area contributed by atoms with Crippen molar-refractivity contribution in [3.05, 3.63) is 34.4 Å². The highest BCUT2D eigenvalue weighted by atomic mass is 35.5. The molecule has 27 heavy (non-hydrogen) atoms. The lowest BCUT2D eigenvalue weighted by atomic mass is 9.48. The fourth-order valence-corrected chi connectivity index (χ4v) is 6.95. The Morgan fingerprint density at radius 1 is 1.15 bits per heavy atom. The largest absolute Gasteiger partial charge is 0.506 e. The van der Waals surface area contributed by atoms with E-state index < -0.39 is 0 Å². The summed E-state index contributed by atoms with van der Waals surface area (Å²) in [5, 5.41) is 14.0. The lowest BCUT2D eigenvalue weighted by Crippen LogP contribution is -2.50. The Morgan fingerprint density at radius 3 is 2.33 bits per heavy atom. The second-order valence-corrected chi connectivity index (χ2v) is 10.7. The fourth-order valence-electron chi connectivity index (χ4n) is 6.76. The van der Waals surface area contributed by atoms with Gasteiger partial charge in [0.05, 0.1) is 5.02 Å². The van der Waals surface area contributed by atoms with Crippen LogP contribution < -0.4 is 5.32 Å². The van der Waals surface area contributed by atoms with Gasteiger partial charge >= 0.3 is 0 Å². The number of halogens is 1. The quantitative estimate of drug-likeness (QED) is 0.696. The summed E-state index contributed by atoms with van der Waals surface area (Å²) in [4.78, 5) is 13.5. The first-order chi connectivity index (χ1) is 12.7. The summed E-state index contributed by atoms with van der Waals surface area (Å²) in [6.07, 6.45) is 9.89. The van der Waals surface area contributed by atoms with Crippen molar-refractivity contribution >= 4 is 23.1 Å². The van der Waals surface area contributed by atoms with Crippen molar-refractivity contribution in [1.29, 1.82) is 0 Å². The van der Waals surface area contributed by atoms with Gasteiger partial charge in [-0.15, -0.1) is 0 Å². The van der Waals surface area contributed by atoms with Gasteiger partial charge in [-0.05, 0) is 94.2 Å². The summed E-state index contributed by atoms with van der Waals surface area (Å²) in [6.45, 7) is 4.28. The highest BCUT2D eigenvalue weighted by Gasteiger charge is 2.54. The molecule has 0 spiro atoms. The van der Waals surface area contributed by atoms with Gasteiger partial charge in [-0.25, -0.2) is 0 Å². The van der Waals surface area contributed by atoms with Crippen LogP contribution in [0.25, 0.3) is 5.70 Å². The number of phenols is 1. The molecule has 4 heteroatoms. The molecule has 0 saturated heterocycles. The summed E-state index contributed by atoms with van der Waals surface area (Å²) >= 11 is 6.15. The topological polar surface area (TPSA) is 49.3 Å². The highest BCUT2D eigenvalue weighted by molar-refractivity contribution is 6.32. The van der Waals surface area contributed by atoms with E-state index in [0.717, 1.165) is 60.3 Å². The minimum Gasteiger partial charge on any atom is -0.506 e. The molecular weight excluding hydrogens is 358 g/mol. The Labute approximate surface area is 166 Å². The maximum absolute atomic E-state index is 13.5. The van der Waals surface area contributed by atoms with Gasteiger partial charge in [0.15, 0.2) is 5.78 Å². The number of carbonyl (C=O) groups is 1. The minimum atomic E-state index is -0.152. The average Bonchev–Trinajstić information content (AvgIpc) is 2.54. The van der Waals surface area contributed by atoms with E-state index in [1.165, 1.54) is 19.3 Å². The zero-order valence-corrected chi connectivity index (χ0v) is 16.9. The van der Waals surface area contributed by atoms with Gasteiger partial charge in [0.1, 0.15) is 5.75 Å². The van der Waals surface area contributed by atoms with Crippen molar-refractivity contribution in [3.8, 4) is 5.75 Å². The van der Waals surface area contributed by atoms with Crippen LogP contribution in [0.3, 0.4) is 0 Å². The average molecular weight is 386 g/mol. The number of allylic oxidation sites excluding steroid dienone is 1. The molecule has 4 aliphatic carbocycles. The Balaban J connectivity index is 1.53. The second kappa shape index (κ2) is 5.76. The van der Waals surface area contributed by atoms with Crippen molar-refractivity contribution in [2.75, 3.05) is 0 Å². The molecule has 144 valence electrons. The molecular formula is C23H28ClNO2. The molecule has 0 atom stereocenters. The SMILES string of the molecule is CC1(C)Cc2cc(Cl)c(O)cc2C(=CC(=O)C23CC4CC(CC(C4)C2)C3)N1. The first kappa shape index (κ1) is 17.6. The molecule has 6 rings (SSSR count). The highest BCUT2D eigenvalue weighted by Crippen LogP contribution is 2.60. The van der Waals surface area contributed by atoms with Crippen LogP contribution in [0.5, 0.6) is 5.75 Å². The number of aromatic hydroxyl groups is 1. The van der Waals surface area contributed by atoms with E-state index in [9.17, 15) is 9.90 Å². The molecule has 0 radical (unpaired) electrons. The molecule has 1 aromatic carbocycles. The van der Waals surface area contributed by atoms with Gasteiger partial charge in [-0.3, -0.25) is 4.79 Å². The lowest BCUT2D eigenvalue weighted by Gasteiger charge is -2.55. The van der Waals surface area contributed by atoms with Crippen molar-refractivity contribution in [2.45, 2.75) is 64.3 Å². The van der Waals surface area contributed by atoms with Crippen molar-refractivity contribution in [3.63, 3.8) is 0 Å². The number of ketones is 1. The second-order valence-electron chi connectivity index (χ2n) is 10.3. The monoisotopic (exact) mass is 385 g/mol. The summed E-state index contributed by atoms with van der Waals surface area (Å²) in [5.74, 6) is 2.63. The van der Waals surface area contributed by atoms with E-state index in [1.807, 2.05) is 12.1 Å². The van der Waals surface area contributed by atoms with Gasteiger partial charge in [0, 0.05) is 28.3 Å². The molecule has 5 aliphatic rings. The third kappa shape index (κ3) is 2.90. The number of nitrogens with one attached hydrogen (secondary N) is 1. The van der Waals surface area contributed by atoms with E-state index in [-0.39, 0.29) is 16.7 Å². The van der Waals surface area contributed by atoms with Crippen LogP contribution in [0.1, 0.15) is 63.5 Å². The maximum Gasteiger partial charge on any atom is 0.163 e. The number of phenolic OH excluding ortho intramolecular Hbond substituents is 1. The standard InChI is InChI=1S/C23H28ClNO2/c1-22(2)12-16-6-18(24)20(26)7-17(16)19(25-22)8-21(27)23-9-13-3-14(10-23)5-15(4-13)11-23/h6-8,13-15,25-26H,3-5,9-12H2,1-2H3. The van der Waals surface area contributed by atoms with E-state index >= 15 is 0 Å². The van der Waals surface area contributed by atoms with Crippen LogP contribution in [0.15, 0.2) is 18.2 Å². The number of hydrogen-bond acceptors (Lipinski definition) is 3.